The Morgan fingerprint density at radius 2 is 1.90 bits per heavy atom. The van der Waals surface area contributed by atoms with Gasteiger partial charge in [-0.05, 0) is 36.6 Å². The lowest BCUT2D eigenvalue weighted by Crippen LogP contribution is -2.46. The molecular weight excluding hydrogens is 272 g/mol. The van der Waals surface area contributed by atoms with Crippen LogP contribution in [0.4, 0.5) is 5.69 Å². The molecule has 4 nitrogen and oxygen atoms in total. The highest BCUT2D eigenvalue weighted by Crippen LogP contribution is 2.25. The zero-order valence-corrected chi connectivity index (χ0v) is 13.1. The van der Waals surface area contributed by atoms with Gasteiger partial charge in [0.25, 0.3) is 0 Å². The highest BCUT2D eigenvalue weighted by molar-refractivity contribution is 7.91. The first-order valence-electron chi connectivity index (χ1n) is 7.31. The van der Waals surface area contributed by atoms with Crippen LogP contribution in [0.15, 0.2) is 29.2 Å². The lowest BCUT2D eigenvalue weighted by atomic mass is 9.90. The van der Waals surface area contributed by atoms with Crippen molar-refractivity contribution < 1.29 is 8.42 Å². The molecule has 2 unspecified atom stereocenters. The van der Waals surface area contributed by atoms with Gasteiger partial charge in [0.1, 0.15) is 0 Å². The van der Waals surface area contributed by atoms with E-state index < -0.39 is 9.84 Å². The van der Waals surface area contributed by atoms with Crippen molar-refractivity contribution in [1.29, 1.82) is 0 Å². The zero-order valence-electron chi connectivity index (χ0n) is 12.2. The molecule has 0 aromatic heterocycles. The van der Waals surface area contributed by atoms with Crippen LogP contribution in [0.2, 0.25) is 0 Å². The summed E-state index contributed by atoms with van der Waals surface area (Å²) < 4.78 is 23.6. The van der Waals surface area contributed by atoms with E-state index in [4.69, 9.17) is 5.73 Å². The Morgan fingerprint density at radius 1 is 1.25 bits per heavy atom. The maximum atomic E-state index is 11.8. The topological polar surface area (TPSA) is 63.4 Å². The third-order valence-corrected chi connectivity index (χ3v) is 6.01. The van der Waals surface area contributed by atoms with Gasteiger partial charge in [-0.15, -0.1) is 0 Å². The van der Waals surface area contributed by atoms with Gasteiger partial charge in [-0.1, -0.05) is 20.3 Å². The van der Waals surface area contributed by atoms with Crippen LogP contribution in [0.5, 0.6) is 0 Å². The molecule has 1 aromatic carbocycles. The number of anilines is 1. The third-order valence-electron chi connectivity index (χ3n) is 4.26. The molecule has 1 aliphatic rings. The van der Waals surface area contributed by atoms with Crippen LogP contribution in [0, 0.1) is 5.92 Å². The lowest BCUT2D eigenvalue weighted by molar-refractivity contribution is 0.348. The Labute approximate surface area is 121 Å². The average molecular weight is 296 g/mol. The van der Waals surface area contributed by atoms with Crippen LogP contribution < -0.4 is 10.6 Å². The highest BCUT2D eigenvalue weighted by atomic mass is 32.2. The van der Waals surface area contributed by atoms with Crippen molar-refractivity contribution in [2.75, 3.05) is 23.7 Å². The summed E-state index contributed by atoms with van der Waals surface area (Å²) in [5.74, 6) is 0.658. The molecule has 1 heterocycles. The summed E-state index contributed by atoms with van der Waals surface area (Å²) in [5, 5.41) is 0. The number of rotatable bonds is 4. The van der Waals surface area contributed by atoms with Gasteiger partial charge >= 0.3 is 0 Å². The number of nitrogens with two attached hydrogens (primary N) is 1. The van der Waals surface area contributed by atoms with E-state index in [1.165, 1.54) is 0 Å². The largest absolute Gasteiger partial charge is 0.371 e. The Bertz CT molecular complexity index is 539. The van der Waals surface area contributed by atoms with Gasteiger partial charge in [-0.3, -0.25) is 0 Å². The fourth-order valence-electron chi connectivity index (χ4n) is 2.75. The Balaban J connectivity index is 2.15. The molecule has 20 heavy (non-hydrogen) atoms. The molecule has 0 bridgehead atoms. The second-order valence-corrected chi connectivity index (χ2v) is 7.74. The summed E-state index contributed by atoms with van der Waals surface area (Å²) in [6.07, 6.45) is 2.08. The van der Waals surface area contributed by atoms with Crippen molar-refractivity contribution in [2.45, 2.75) is 37.6 Å². The summed E-state index contributed by atoms with van der Waals surface area (Å²) in [5.41, 5.74) is 7.21. The highest BCUT2D eigenvalue weighted by Gasteiger charge is 2.25. The molecule has 0 aliphatic carbocycles. The van der Waals surface area contributed by atoms with Crippen molar-refractivity contribution in [3.63, 3.8) is 0 Å². The summed E-state index contributed by atoms with van der Waals surface area (Å²) in [7, 11) is -3.11. The first-order valence-corrected chi connectivity index (χ1v) is 8.96. The van der Waals surface area contributed by atoms with Gasteiger partial charge in [0.15, 0.2) is 9.84 Å². The fraction of sp³-hybridized carbons (Fsp3) is 0.600. The third kappa shape index (κ3) is 3.15. The summed E-state index contributed by atoms with van der Waals surface area (Å²) in [4.78, 5) is 2.71. The molecule has 2 N–H and O–H groups in total. The molecule has 0 radical (unpaired) electrons. The molecule has 1 fully saturated rings. The summed E-state index contributed by atoms with van der Waals surface area (Å²) >= 11 is 0. The minimum atomic E-state index is -3.11. The maximum absolute atomic E-state index is 11.8. The normalized spacial score (nSPS) is 23.9. The lowest BCUT2D eigenvalue weighted by Gasteiger charge is -2.38. The van der Waals surface area contributed by atoms with E-state index in [1.54, 1.807) is 19.1 Å². The first-order chi connectivity index (χ1) is 9.47. The number of hydrogen-bond acceptors (Lipinski definition) is 4. The molecular formula is C15H24N2O2S. The van der Waals surface area contributed by atoms with Crippen LogP contribution in [0.25, 0.3) is 0 Å². The van der Waals surface area contributed by atoms with Gasteiger partial charge in [-0.25, -0.2) is 8.42 Å². The van der Waals surface area contributed by atoms with E-state index in [1.807, 2.05) is 12.1 Å². The molecule has 2 rings (SSSR count). The number of piperidine rings is 1. The SMILES string of the molecule is CCC1CN(c2ccc(S(=O)(=O)CC)cc2)CCC1N. The van der Waals surface area contributed by atoms with Gasteiger partial charge in [-0.2, -0.15) is 0 Å². The minimum Gasteiger partial charge on any atom is -0.371 e. The Kier molecular flexibility index (Phi) is 4.70. The van der Waals surface area contributed by atoms with Crippen LogP contribution in [-0.2, 0) is 9.84 Å². The van der Waals surface area contributed by atoms with Crippen molar-refractivity contribution in [1.82, 2.24) is 0 Å². The van der Waals surface area contributed by atoms with Crippen LogP contribution in [0.1, 0.15) is 26.7 Å². The molecule has 1 aromatic rings. The molecule has 0 saturated carbocycles. The zero-order chi connectivity index (χ0) is 14.8. The van der Waals surface area contributed by atoms with Crippen molar-refractivity contribution in [3.05, 3.63) is 24.3 Å². The maximum Gasteiger partial charge on any atom is 0.178 e. The molecule has 0 spiro atoms. The quantitative estimate of drug-likeness (QED) is 0.923. The van der Waals surface area contributed by atoms with Gasteiger partial charge in [0, 0.05) is 24.8 Å². The van der Waals surface area contributed by atoms with Crippen molar-refractivity contribution in [2.24, 2.45) is 11.7 Å². The smallest absolute Gasteiger partial charge is 0.178 e. The van der Waals surface area contributed by atoms with E-state index in [2.05, 4.69) is 11.8 Å². The number of nitrogens with zero attached hydrogens (tertiary/aromatic N) is 1. The van der Waals surface area contributed by atoms with E-state index in [0.29, 0.717) is 10.8 Å². The molecule has 1 saturated heterocycles. The molecule has 1 aliphatic heterocycles. The van der Waals surface area contributed by atoms with Gasteiger partial charge in [0.05, 0.1) is 10.6 Å². The Hall–Kier alpha value is -1.07. The van der Waals surface area contributed by atoms with Crippen molar-refractivity contribution in [3.8, 4) is 0 Å². The van der Waals surface area contributed by atoms with Crippen LogP contribution in [-0.4, -0.2) is 33.3 Å². The molecule has 0 amide bonds. The minimum absolute atomic E-state index is 0.142. The second-order valence-electron chi connectivity index (χ2n) is 5.46. The predicted octanol–water partition coefficient (Wildman–Crippen LogP) is 2.04. The molecule has 112 valence electrons. The second kappa shape index (κ2) is 6.14. The monoisotopic (exact) mass is 296 g/mol. The van der Waals surface area contributed by atoms with E-state index in [9.17, 15) is 8.42 Å². The van der Waals surface area contributed by atoms with Crippen LogP contribution >= 0.6 is 0 Å². The average Bonchev–Trinajstić information content (AvgIpc) is 2.48. The first kappa shape index (κ1) is 15.3. The summed E-state index contributed by atoms with van der Waals surface area (Å²) in [6, 6.07) is 7.53. The van der Waals surface area contributed by atoms with E-state index in [0.717, 1.165) is 31.6 Å². The predicted molar refractivity (Wildman–Crippen MR) is 82.8 cm³/mol. The van der Waals surface area contributed by atoms with Gasteiger partial charge in [0.2, 0.25) is 0 Å². The Morgan fingerprint density at radius 3 is 2.45 bits per heavy atom. The van der Waals surface area contributed by atoms with Crippen LogP contribution in [0.3, 0.4) is 0 Å². The van der Waals surface area contributed by atoms with E-state index >= 15 is 0 Å². The van der Waals surface area contributed by atoms with Gasteiger partial charge < -0.3 is 10.6 Å². The van der Waals surface area contributed by atoms with E-state index in [-0.39, 0.29) is 11.8 Å². The van der Waals surface area contributed by atoms with Crippen molar-refractivity contribution >= 4 is 15.5 Å². The fourth-order valence-corrected chi connectivity index (χ4v) is 3.63. The molecule has 5 heteroatoms. The number of sulfone groups is 1. The molecule has 2 atom stereocenters. The standard InChI is InChI=1S/C15H24N2O2S/c1-3-12-11-17(10-9-15(12)16)13-5-7-14(8-6-13)20(18,19)4-2/h5-8,12,15H,3-4,9-11,16H2,1-2H3. The number of hydrogen-bond donors (Lipinski definition) is 1. The number of benzene rings is 1. The summed E-state index contributed by atoms with van der Waals surface area (Å²) in [6.45, 7) is 5.74.